The Labute approximate surface area is 121 Å². The van der Waals surface area contributed by atoms with Crippen molar-refractivity contribution in [3.05, 3.63) is 50.6 Å². The summed E-state index contributed by atoms with van der Waals surface area (Å²) in [6.07, 6.45) is -4.29. The minimum absolute atomic E-state index is 0.0334. The molecule has 2 rings (SSSR count). The molecule has 1 unspecified atom stereocenters. The minimum atomic E-state index is -4.29. The molecule has 0 radical (unpaired) electrons. The summed E-state index contributed by atoms with van der Waals surface area (Å²) >= 11 is 5.03. The van der Waals surface area contributed by atoms with Crippen LogP contribution in [0.4, 0.5) is 18.9 Å². The molecule has 1 nitrogen and oxygen atoms in total. The van der Waals surface area contributed by atoms with Gasteiger partial charge in [0.1, 0.15) is 0 Å². The fraction of sp³-hybridized carbons (Fsp3) is 0.231. The van der Waals surface area contributed by atoms with E-state index >= 15 is 0 Å². The fourth-order valence-corrected chi connectivity index (χ4v) is 3.41. The first kappa shape index (κ1) is 14.4. The van der Waals surface area contributed by atoms with Crippen molar-refractivity contribution in [2.24, 2.45) is 0 Å². The van der Waals surface area contributed by atoms with Crippen molar-refractivity contribution in [2.45, 2.75) is 19.1 Å². The zero-order chi connectivity index (χ0) is 14.0. The van der Waals surface area contributed by atoms with E-state index in [2.05, 4.69) is 21.2 Å². The average Bonchev–Trinajstić information content (AvgIpc) is 2.75. The second-order valence-corrected chi connectivity index (χ2v) is 5.88. The van der Waals surface area contributed by atoms with Gasteiger partial charge in [-0.3, -0.25) is 0 Å². The summed E-state index contributed by atoms with van der Waals surface area (Å²) in [5.41, 5.74) is 0.0313. The fourth-order valence-electron chi connectivity index (χ4n) is 1.69. The van der Waals surface area contributed by atoms with Crippen molar-refractivity contribution < 1.29 is 13.2 Å². The largest absolute Gasteiger partial charge is 0.416 e. The molecular weight excluding hydrogens is 339 g/mol. The highest BCUT2D eigenvalue weighted by Gasteiger charge is 2.29. The molecule has 0 aliphatic carbocycles. The molecule has 0 fully saturated rings. The molecule has 0 amide bonds. The Morgan fingerprint density at radius 3 is 2.26 bits per heavy atom. The zero-order valence-corrected chi connectivity index (χ0v) is 12.4. The molecule has 0 spiro atoms. The van der Waals surface area contributed by atoms with Crippen LogP contribution in [0.5, 0.6) is 0 Å². The smallest absolute Gasteiger partial charge is 0.378 e. The van der Waals surface area contributed by atoms with Crippen LogP contribution < -0.4 is 5.32 Å². The summed E-state index contributed by atoms with van der Waals surface area (Å²) in [5.74, 6) is 0. The van der Waals surface area contributed by atoms with Crippen molar-refractivity contribution in [3.8, 4) is 0 Å². The quantitative estimate of drug-likeness (QED) is 0.748. The monoisotopic (exact) mass is 349 g/mol. The standard InChI is InChI=1S/C13H11BrF3NS/c1-8(12-11(14)6-7-19-12)18-10-4-2-9(3-5-10)13(15,16)17/h2-8,18H,1H3. The lowest BCUT2D eigenvalue weighted by molar-refractivity contribution is -0.137. The maximum atomic E-state index is 12.4. The highest BCUT2D eigenvalue weighted by molar-refractivity contribution is 9.10. The van der Waals surface area contributed by atoms with Gasteiger partial charge in [0.2, 0.25) is 0 Å². The highest BCUT2D eigenvalue weighted by Crippen LogP contribution is 2.33. The summed E-state index contributed by atoms with van der Waals surface area (Å²) in [4.78, 5) is 1.11. The van der Waals surface area contributed by atoms with Gasteiger partial charge >= 0.3 is 6.18 Å². The number of hydrogen-bond acceptors (Lipinski definition) is 2. The second kappa shape index (κ2) is 5.54. The van der Waals surface area contributed by atoms with Crippen LogP contribution in [-0.2, 0) is 6.18 Å². The van der Waals surface area contributed by atoms with Gasteiger partial charge in [0.05, 0.1) is 11.6 Å². The van der Waals surface area contributed by atoms with E-state index < -0.39 is 11.7 Å². The SMILES string of the molecule is CC(Nc1ccc(C(F)(F)F)cc1)c1sccc1Br. The molecule has 1 N–H and O–H groups in total. The number of hydrogen-bond donors (Lipinski definition) is 1. The van der Waals surface area contributed by atoms with Crippen LogP contribution in [0.2, 0.25) is 0 Å². The lowest BCUT2D eigenvalue weighted by atomic mass is 10.2. The predicted molar refractivity (Wildman–Crippen MR) is 75.5 cm³/mol. The number of thiophene rings is 1. The first-order valence-electron chi connectivity index (χ1n) is 5.54. The Bertz CT molecular complexity index is 548. The lowest BCUT2D eigenvalue weighted by Crippen LogP contribution is -2.07. The van der Waals surface area contributed by atoms with Gasteiger partial charge in [0.25, 0.3) is 0 Å². The van der Waals surface area contributed by atoms with E-state index in [1.807, 2.05) is 18.4 Å². The predicted octanol–water partition coefficient (Wildman–Crippen LogP) is 5.70. The van der Waals surface area contributed by atoms with E-state index in [0.29, 0.717) is 5.69 Å². The first-order valence-corrected chi connectivity index (χ1v) is 7.22. The Hall–Kier alpha value is -1.01. The van der Waals surface area contributed by atoms with Gasteiger partial charge in [-0.05, 0) is 58.6 Å². The molecule has 102 valence electrons. The minimum Gasteiger partial charge on any atom is -0.378 e. The molecule has 0 bridgehead atoms. The van der Waals surface area contributed by atoms with Crippen molar-refractivity contribution in [2.75, 3.05) is 5.32 Å². The number of halogens is 4. The third-order valence-electron chi connectivity index (χ3n) is 2.63. The van der Waals surface area contributed by atoms with Crippen LogP contribution in [0.1, 0.15) is 23.4 Å². The van der Waals surface area contributed by atoms with Gasteiger partial charge in [-0.25, -0.2) is 0 Å². The second-order valence-electron chi connectivity index (χ2n) is 4.07. The Morgan fingerprint density at radius 1 is 1.16 bits per heavy atom. The number of nitrogens with one attached hydrogen (secondary N) is 1. The van der Waals surface area contributed by atoms with Gasteiger partial charge in [-0.15, -0.1) is 11.3 Å². The van der Waals surface area contributed by atoms with Gasteiger partial charge in [0.15, 0.2) is 0 Å². The molecule has 1 atom stereocenters. The number of benzene rings is 1. The Balaban J connectivity index is 2.10. The maximum Gasteiger partial charge on any atom is 0.416 e. The van der Waals surface area contributed by atoms with Gasteiger partial charge in [0, 0.05) is 15.0 Å². The zero-order valence-electron chi connectivity index (χ0n) is 9.96. The molecule has 0 aliphatic rings. The van der Waals surface area contributed by atoms with E-state index in [4.69, 9.17) is 0 Å². The molecule has 2 aromatic rings. The third-order valence-corrected chi connectivity index (χ3v) is 4.69. The summed E-state index contributed by atoms with van der Waals surface area (Å²) in [6.45, 7) is 1.97. The summed E-state index contributed by atoms with van der Waals surface area (Å²) < 4.78 is 38.3. The van der Waals surface area contributed by atoms with E-state index in [-0.39, 0.29) is 6.04 Å². The summed E-state index contributed by atoms with van der Waals surface area (Å²) in [5, 5.41) is 5.14. The molecule has 0 saturated carbocycles. The topological polar surface area (TPSA) is 12.0 Å². The van der Waals surface area contributed by atoms with E-state index in [1.54, 1.807) is 11.3 Å². The van der Waals surface area contributed by atoms with Crippen molar-refractivity contribution in [3.63, 3.8) is 0 Å². The molecule has 1 heterocycles. The average molecular weight is 350 g/mol. The van der Waals surface area contributed by atoms with E-state index in [1.165, 1.54) is 12.1 Å². The third kappa shape index (κ3) is 3.51. The van der Waals surface area contributed by atoms with Gasteiger partial charge in [-0.2, -0.15) is 13.2 Å². The van der Waals surface area contributed by atoms with Crippen LogP contribution in [0.25, 0.3) is 0 Å². The molecule has 19 heavy (non-hydrogen) atoms. The van der Waals surface area contributed by atoms with Crippen molar-refractivity contribution in [1.82, 2.24) is 0 Å². The Kier molecular flexibility index (Phi) is 4.20. The van der Waals surface area contributed by atoms with Gasteiger partial charge < -0.3 is 5.32 Å². The van der Waals surface area contributed by atoms with E-state index in [9.17, 15) is 13.2 Å². The molecule has 0 aliphatic heterocycles. The normalized spacial score (nSPS) is 13.3. The molecule has 1 aromatic carbocycles. The van der Waals surface area contributed by atoms with Gasteiger partial charge in [-0.1, -0.05) is 0 Å². The Morgan fingerprint density at radius 2 is 1.79 bits per heavy atom. The van der Waals surface area contributed by atoms with Crippen molar-refractivity contribution >= 4 is 33.0 Å². The molecular formula is C13H11BrF3NS. The number of alkyl halides is 3. The number of rotatable bonds is 3. The van der Waals surface area contributed by atoms with Crippen LogP contribution >= 0.6 is 27.3 Å². The van der Waals surface area contributed by atoms with Crippen LogP contribution in [0.15, 0.2) is 40.2 Å². The highest BCUT2D eigenvalue weighted by atomic mass is 79.9. The van der Waals surface area contributed by atoms with Crippen molar-refractivity contribution in [1.29, 1.82) is 0 Å². The summed E-state index contributed by atoms with van der Waals surface area (Å²) in [7, 11) is 0. The maximum absolute atomic E-state index is 12.4. The van der Waals surface area contributed by atoms with Crippen LogP contribution in [0, 0.1) is 0 Å². The first-order chi connectivity index (χ1) is 8.88. The molecule has 0 saturated heterocycles. The molecule has 1 aromatic heterocycles. The lowest BCUT2D eigenvalue weighted by Gasteiger charge is -2.15. The van der Waals surface area contributed by atoms with Crippen LogP contribution in [-0.4, -0.2) is 0 Å². The summed E-state index contributed by atoms with van der Waals surface area (Å²) in [6, 6.07) is 7.04. The van der Waals surface area contributed by atoms with E-state index in [0.717, 1.165) is 21.5 Å². The molecule has 6 heteroatoms. The number of anilines is 1. The van der Waals surface area contributed by atoms with Crippen LogP contribution in [0.3, 0.4) is 0 Å².